The number of piperidine rings is 1. The first kappa shape index (κ1) is 27.0. The van der Waals surface area contributed by atoms with Gasteiger partial charge in [0.25, 0.3) is 5.91 Å². The Bertz CT molecular complexity index is 808. The number of primary amides is 1. The van der Waals surface area contributed by atoms with Gasteiger partial charge in [0, 0.05) is 64.6 Å². The molecule has 0 spiro atoms. The molecule has 9 heteroatoms. The summed E-state index contributed by atoms with van der Waals surface area (Å²) in [6.45, 7) is 13.4. The predicted molar refractivity (Wildman–Crippen MR) is 130 cm³/mol. The van der Waals surface area contributed by atoms with E-state index in [4.69, 9.17) is 15.5 Å². The van der Waals surface area contributed by atoms with Gasteiger partial charge in [-0.15, -0.1) is 0 Å². The molecule has 9 nitrogen and oxygen atoms in total. The highest BCUT2D eigenvalue weighted by molar-refractivity contribution is 5.99. The second kappa shape index (κ2) is 11.7. The van der Waals surface area contributed by atoms with Crippen LogP contribution in [0.2, 0.25) is 0 Å². The molecule has 0 saturated carbocycles. The standard InChI is InChI=1S/C24H42N6O3/c1-16(2)15-30(18-11-17(20(25)31)12-26-13-18)22(32)19-14-27-23(24(3,4)5)28-21(19)29(6)9-8-10-33-7/h14,16-18,26H,8-13,15H2,1-7H3,(H2,25,31)/t17-,18?/m1/s1. The Balaban J connectivity index is 2.44. The number of carbonyl (C=O) groups excluding carboxylic acids is 2. The lowest BCUT2D eigenvalue weighted by Gasteiger charge is -2.38. The molecule has 1 saturated heterocycles. The molecular weight excluding hydrogens is 420 g/mol. The molecule has 186 valence electrons. The van der Waals surface area contributed by atoms with Crippen LogP contribution < -0.4 is 16.0 Å². The Kier molecular flexibility index (Phi) is 9.60. The number of methoxy groups -OCH3 is 1. The first-order valence-electron chi connectivity index (χ1n) is 11.8. The molecule has 1 aromatic rings. The van der Waals surface area contributed by atoms with E-state index in [0.29, 0.717) is 56.4 Å². The first-order chi connectivity index (χ1) is 15.5. The van der Waals surface area contributed by atoms with Crippen molar-refractivity contribution in [1.29, 1.82) is 0 Å². The van der Waals surface area contributed by atoms with Crippen LogP contribution in [0.5, 0.6) is 0 Å². The summed E-state index contributed by atoms with van der Waals surface area (Å²) in [5, 5.41) is 3.28. The maximum absolute atomic E-state index is 13.9. The third-order valence-corrected chi connectivity index (χ3v) is 5.87. The van der Waals surface area contributed by atoms with Crippen LogP contribution in [0.4, 0.5) is 5.82 Å². The smallest absolute Gasteiger partial charge is 0.259 e. The van der Waals surface area contributed by atoms with Gasteiger partial charge in [0.05, 0.1) is 5.92 Å². The maximum atomic E-state index is 13.9. The van der Waals surface area contributed by atoms with Crippen molar-refractivity contribution in [2.24, 2.45) is 17.6 Å². The molecule has 1 aromatic heterocycles. The SMILES string of the molecule is COCCCN(C)c1nc(C(C)(C)C)ncc1C(=O)N(CC(C)C)C1CNC[C@H](C(N)=O)C1. The molecule has 2 atom stereocenters. The summed E-state index contributed by atoms with van der Waals surface area (Å²) in [5.74, 6) is 0.842. The molecule has 0 aromatic carbocycles. The van der Waals surface area contributed by atoms with Gasteiger partial charge in [0.2, 0.25) is 5.91 Å². The second-order valence-corrected chi connectivity index (χ2v) is 10.4. The second-order valence-electron chi connectivity index (χ2n) is 10.4. The number of amides is 2. The number of nitrogens with one attached hydrogen (secondary N) is 1. The van der Waals surface area contributed by atoms with E-state index in [0.717, 1.165) is 6.42 Å². The van der Waals surface area contributed by atoms with Crippen molar-refractivity contribution in [2.75, 3.05) is 51.8 Å². The van der Waals surface area contributed by atoms with Crippen molar-refractivity contribution in [3.63, 3.8) is 0 Å². The fraction of sp³-hybridized carbons (Fsp3) is 0.750. The lowest BCUT2D eigenvalue weighted by atomic mass is 9.93. The Morgan fingerprint density at radius 2 is 2.00 bits per heavy atom. The van der Waals surface area contributed by atoms with E-state index in [1.807, 2.05) is 16.8 Å². The molecule has 1 aliphatic heterocycles. The molecule has 0 aliphatic carbocycles. The number of carbonyl (C=O) groups is 2. The Morgan fingerprint density at radius 1 is 1.30 bits per heavy atom. The summed E-state index contributed by atoms with van der Waals surface area (Å²) in [5.41, 5.74) is 5.81. The molecule has 3 N–H and O–H groups in total. The van der Waals surface area contributed by atoms with Crippen LogP contribution in [-0.4, -0.2) is 79.7 Å². The van der Waals surface area contributed by atoms with Gasteiger partial charge in [-0.1, -0.05) is 34.6 Å². The maximum Gasteiger partial charge on any atom is 0.259 e. The zero-order valence-corrected chi connectivity index (χ0v) is 21.4. The molecule has 0 radical (unpaired) electrons. The normalized spacial score (nSPS) is 18.9. The molecule has 1 aliphatic rings. The minimum Gasteiger partial charge on any atom is -0.385 e. The number of nitrogens with zero attached hydrogens (tertiary/aromatic N) is 4. The van der Waals surface area contributed by atoms with Crippen molar-refractivity contribution in [1.82, 2.24) is 20.2 Å². The molecule has 2 rings (SSSR count). The lowest BCUT2D eigenvalue weighted by Crippen LogP contribution is -2.54. The van der Waals surface area contributed by atoms with E-state index >= 15 is 0 Å². The summed E-state index contributed by atoms with van der Waals surface area (Å²) in [7, 11) is 3.62. The van der Waals surface area contributed by atoms with Gasteiger partial charge in [-0.25, -0.2) is 9.97 Å². The van der Waals surface area contributed by atoms with Crippen LogP contribution in [0.3, 0.4) is 0 Å². The number of hydrogen-bond donors (Lipinski definition) is 2. The average Bonchev–Trinajstić information content (AvgIpc) is 2.76. The highest BCUT2D eigenvalue weighted by atomic mass is 16.5. The van der Waals surface area contributed by atoms with E-state index in [2.05, 4.69) is 44.9 Å². The van der Waals surface area contributed by atoms with Crippen LogP contribution in [0, 0.1) is 11.8 Å². The summed E-state index contributed by atoms with van der Waals surface area (Å²) < 4.78 is 5.20. The third-order valence-electron chi connectivity index (χ3n) is 5.87. The fourth-order valence-electron chi connectivity index (χ4n) is 4.05. The third kappa shape index (κ3) is 7.37. The van der Waals surface area contributed by atoms with Gasteiger partial charge in [0.1, 0.15) is 17.2 Å². The number of hydrogen-bond acceptors (Lipinski definition) is 7. The van der Waals surface area contributed by atoms with Crippen molar-refractivity contribution in [3.05, 3.63) is 17.6 Å². The predicted octanol–water partition coefficient (Wildman–Crippen LogP) is 1.81. The molecule has 2 amide bonds. The summed E-state index contributed by atoms with van der Waals surface area (Å²) in [6, 6.07) is -0.125. The molecule has 0 bridgehead atoms. The summed E-state index contributed by atoms with van der Waals surface area (Å²) >= 11 is 0. The van der Waals surface area contributed by atoms with Gasteiger partial charge in [0.15, 0.2) is 0 Å². The Labute approximate surface area is 198 Å². The molecule has 2 heterocycles. The number of anilines is 1. The van der Waals surface area contributed by atoms with Crippen LogP contribution >= 0.6 is 0 Å². The Hall–Kier alpha value is -2.26. The van der Waals surface area contributed by atoms with E-state index in [9.17, 15) is 9.59 Å². The number of nitrogens with two attached hydrogens (primary N) is 1. The number of aromatic nitrogens is 2. The largest absolute Gasteiger partial charge is 0.385 e. The van der Waals surface area contributed by atoms with Gasteiger partial charge >= 0.3 is 0 Å². The quantitative estimate of drug-likeness (QED) is 0.510. The number of ether oxygens (including phenoxy) is 1. The van der Waals surface area contributed by atoms with Crippen LogP contribution in [0.15, 0.2) is 6.20 Å². The van der Waals surface area contributed by atoms with Crippen molar-refractivity contribution in [2.45, 2.75) is 58.9 Å². The van der Waals surface area contributed by atoms with E-state index < -0.39 is 0 Å². The van der Waals surface area contributed by atoms with Gasteiger partial charge in [-0.3, -0.25) is 9.59 Å². The van der Waals surface area contributed by atoms with Gasteiger partial charge < -0.3 is 25.6 Å². The zero-order chi connectivity index (χ0) is 24.8. The van der Waals surface area contributed by atoms with E-state index in [1.54, 1.807) is 13.3 Å². The van der Waals surface area contributed by atoms with Crippen LogP contribution in [0.25, 0.3) is 0 Å². The van der Waals surface area contributed by atoms with Crippen LogP contribution in [-0.2, 0) is 14.9 Å². The Morgan fingerprint density at radius 3 is 2.58 bits per heavy atom. The summed E-state index contributed by atoms with van der Waals surface area (Å²) in [6.07, 6.45) is 3.03. The van der Waals surface area contributed by atoms with Crippen molar-refractivity contribution >= 4 is 17.6 Å². The molecule has 1 unspecified atom stereocenters. The van der Waals surface area contributed by atoms with Gasteiger partial charge in [-0.05, 0) is 18.8 Å². The minimum atomic E-state index is -0.333. The zero-order valence-electron chi connectivity index (χ0n) is 21.4. The number of rotatable bonds is 10. The topological polar surface area (TPSA) is 114 Å². The van der Waals surface area contributed by atoms with Crippen molar-refractivity contribution in [3.8, 4) is 0 Å². The first-order valence-corrected chi connectivity index (χ1v) is 11.8. The van der Waals surface area contributed by atoms with Crippen LogP contribution in [0.1, 0.15) is 63.6 Å². The monoisotopic (exact) mass is 462 g/mol. The van der Waals surface area contributed by atoms with E-state index in [-0.39, 0.29) is 35.1 Å². The van der Waals surface area contributed by atoms with Gasteiger partial charge in [-0.2, -0.15) is 0 Å². The summed E-state index contributed by atoms with van der Waals surface area (Å²) in [4.78, 5) is 39.0. The minimum absolute atomic E-state index is 0.116. The fourth-order valence-corrected chi connectivity index (χ4v) is 4.05. The van der Waals surface area contributed by atoms with Crippen molar-refractivity contribution < 1.29 is 14.3 Å². The highest BCUT2D eigenvalue weighted by Gasteiger charge is 2.34. The average molecular weight is 463 g/mol. The molecular formula is C24H42N6O3. The highest BCUT2D eigenvalue weighted by Crippen LogP contribution is 2.27. The lowest BCUT2D eigenvalue weighted by molar-refractivity contribution is -0.122. The molecule has 1 fully saturated rings. The van der Waals surface area contributed by atoms with E-state index in [1.165, 1.54) is 0 Å². The molecule has 33 heavy (non-hydrogen) atoms.